The Balaban J connectivity index is 2.25. The van der Waals surface area contributed by atoms with Crippen molar-refractivity contribution in [1.29, 1.82) is 0 Å². The van der Waals surface area contributed by atoms with Crippen LogP contribution in [-0.4, -0.2) is 32.3 Å². The van der Waals surface area contributed by atoms with E-state index < -0.39 is 5.97 Å². The van der Waals surface area contributed by atoms with Gasteiger partial charge in [0.05, 0.1) is 17.7 Å². The Bertz CT molecular complexity index is 600. The first kappa shape index (κ1) is 14.3. The maximum atomic E-state index is 10.5. The summed E-state index contributed by atoms with van der Waals surface area (Å²) in [4.78, 5) is 14.8. The number of rotatable bonds is 6. The monoisotopic (exact) mass is 278 g/mol. The number of carbonyl (C=O) groups is 1. The van der Waals surface area contributed by atoms with Gasteiger partial charge in [0, 0.05) is 19.2 Å². The lowest BCUT2D eigenvalue weighted by molar-refractivity contribution is -0.137. The maximum absolute atomic E-state index is 10.5. The van der Waals surface area contributed by atoms with Crippen LogP contribution < -0.4 is 5.73 Å². The highest BCUT2D eigenvalue weighted by Crippen LogP contribution is 2.24. The van der Waals surface area contributed by atoms with E-state index in [2.05, 4.69) is 10.1 Å². The molecule has 0 atom stereocenters. The van der Waals surface area contributed by atoms with Crippen molar-refractivity contribution in [2.45, 2.75) is 32.2 Å². The third kappa shape index (κ3) is 2.88. The average Bonchev–Trinajstić information content (AvgIpc) is 3.04. The number of aryl methyl sites for hydroxylation is 1. The molecule has 3 N–H and O–H groups in total. The molecule has 7 nitrogen and oxygen atoms in total. The summed E-state index contributed by atoms with van der Waals surface area (Å²) in [5.74, 6) is -0.130. The molecule has 20 heavy (non-hydrogen) atoms. The summed E-state index contributed by atoms with van der Waals surface area (Å²) in [6, 6.07) is 3.77. The number of aromatic nitrogens is 3. The molecule has 0 saturated carbocycles. The Morgan fingerprint density at radius 1 is 1.55 bits per heavy atom. The van der Waals surface area contributed by atoms with Crippen LogP contribution in [-0.2, 0) is 16.8 Å². The van der Waals surface area contributed by atoms with E-state index in [1.54, 1.807) is 0 Å². The van der Waals surface area contributed by atoms with E-state index in [1.807, 2.05) is 36.7 Å². The van der Waals surface area contributed by atoms with E-state index in [0.717, 1.165) is 5.69 Å². The minimum absolute atomic E-state index is 0.0308. The summed E-state index contributed by atoms with van der Waals surface area (Å²) < 4.78 is 7.06. The highest BCUT2D eigenvalue weighted by molar-refractivity contribution is 5.66. The number of hydrogen-bond donors (Lipinski definition) is 2. The molecule has 0 aliphatic heterocycles. The quantitative estimate of drug-likeness (QED) is 0.823. The van der Waals surface area contributed by atoms with Gasteiger partial charge in [0.1, 0.15) is 0 Å². The molecule has 0 aromatic carbocycles. The number of nitrogens with two attached hydrogens (primary N) is 1. The van der Waals surface area contributed by atoms with Gasteiger partial charge in [0.2, 0.25) is 11.7 Å². The van der Waals surface area contributed by atoms with Gasteiger partial charge in [0.15, 0.2) is 0 Å². The summed E-state index contributed by atoms with van der Waals surface area (Å²) in [5, 5.41) is 12.5. The Morgan fingerprint density at radius 3 is 2.95 bits per heavy atom. The van der Waals surface area contributed by atoms with Gasteiger partial charge in [-0.25, -0.2) is 0 Å². The van der Waals surface area contributed by atoms with Crippen LogP contribution in [0.1, 0.15) is 26.2 Å². The number of hydrogen-bond acceptors (Lipinski definition) is 5. The fourth-order valence-corrected chi connectivity index (χ4v) is 1.86. The second-order valence-corrected chi connectivity index (χ2v) is 5.19. The Labute approximate surface area is 116 Å². The molecule has 2 rings (SSSR count). The molecule has 0 spiro atoms. The molecule has 0 amide bonds. The van der Waals surface area contributed by atoms with Crippen molar-refractivity contribution in [3.63, 3.8) is 0 Å². The van der Waals surface area contributed by atoms with Crippen LogP contribution >= 0.6 is 0 Å². The van der Waals surface area contributed by atoms with E-state index >= 15 is 0 Å². The zero-order chi connectivity index (χ0) is 14.8. The molecule has 2 aromatic heterocycles. The van der Waals surface area contributed by atoms with E-state index in [4.69, 9.17) is 15.4 Å². The van der Waals surface area contributed by atoms with Crippen molar-refractivity contribution in [2.24, 2.45) is 5.73 Å². The Hall–Kier alpha value is -2.15. The van der Waals surface area contributed by atoms with E-state index in [1.165, 1.54) is 0 Å². The average molecular weight is 278 g/mol. The molecule has 0 saturated heterocycles. The van der Waals surface area contributed by atoms with Crippen LogP contribution in [0.2, 0.25) is 0 Å². The minimum Gasteiger partial charge on any atom is -0.481 e. The lowest BCUT2D eigenvalue weighted by atomic mass is 10.1. The molecule has 2 heterocycles. The summed E-state index contributed by atoms with van der Waals surface area (Å²) >= 11 is 0. The zero-order valence-corrected chi connectivity index (χ0v) is 11.5. The second kappa shape index (κ2) is 5.46. The van der Waals surface area contributed by atoms with Crippen LogP contribution in [0.5, 0.6) is 0 Å². The maximum Gasteiger partial charge on any atom is 0.303 e. The molecule has 0 aliphatic rings. The molecular weight excluding hydrogens is 260 g/mol. The van der Waals surface area contributed by atoms with Crippen molar-refractivity contribution < 1.29 is 14.4 Å². The van der Waals surface area contributed by atoms with E-state index in [-0.39, 0.29) is 18.4 Å². The number of nitrogens with zero attached hydrogens (tertiary/aromatic N) is 3. The SMILES string of the molecule is CC(C)(CN)n1cccc1-c1noc(CCC(=O)O)n1. The van der Waals surface area contributed by atoms with Crippen molar-refractivity contribution in [1.82, 2.24) is 14.7 Å². The second-order valence-electron chi connectivity index (χ2n) is 5.19. The standard InChI is InChI=1S/C13H18N4O3/c1-13(2,8-14)17-7-3-4-9(17)12-15-10(20-16-12)5-6-11(18)19/h3-4,7H,5-6,8,14H2,1-2H3,(H,18,19). The molecule has 0 aliphatic carbocycles. The molecular formula is C13H18N4O3. The first-order valence-electron chi connectivity index (χ1n) is 6.36. The van der Waals surface area contributed by atoms with Gasteiger partial charge in [0.25, 0.3) is 0 Å². The first-order valence-corrected chi connectivity index (χ1v) is 6.36. The van der Waals surface area contributed by atoms with Crippen LogP contribution in [0.4, 0.5) is 0 Å². The van der Waals surface area contributed by atoms with Gasteiger partial charge >= 0.3 is 5.97 Å². The number of carboxylic acids is 1. The van der Waals surface area contributed by atoms with Gasteiger partial charge in [-0.3, -0.25) is 4.79 Å². The van der Waals surface area contributed by atoms with Gasteiger partial charge in [-0.15, -0.1) is 0 Å². The normalized spacial score (nSPS) is 11.8. The predicted octanol–water partition coefficient (Wildman–Crippen LogP) is 1.25. The molecule has 0 unspecified atom stereocenters. The van der Waals surface area contributed by atoms with Crippen LogP contribution in [0.15, 0.2) is 22.9 Å². The fraction of sp³-hybridized carbons (Fsp3) is 0.462. The summed E-state index contributed by atoms with van der Waals surface area (Å²) in [7, 11) is 0. The molecule has 108 valence electrons. The lowest BCUT2D eigenvalue weighted by Gasteiger charge is -2.26. The Kier molecular flexibility index (Phi) is 3.89. The predicted molar refractivity (Wildman–Crippen MR) is 72.1 cm³/mol. The van der Waals surface area contributed by atoms with Gasteiger partial charge < -0.3 is 19.9 Å². The highest BCUT2D eigenvalue weighted by Gasteiger charge is 2.23. The van der Waals surface area contributed by atoms with Gasteiger partial charge in [-0.1, -0.05) is 5.16 Å². The summed E-state index contributed by atoms with van der Waals surface area (Å²) in [6.07, 6.45) is 2.11. The lowest BCUT2D eigenvalue weighted by Crippen LogP contribution is -2.34. The van der Waals surface area contributed by atoms with Crippen LogP contribution in [0, 0.1) is 0 Å². The van der Waals surface area contributed by atoms with Crippen LogP contribution in [0.3, 0.4) is 0 Å². The van der Waals surface area contributed by atoms with Crippen molar-refractivity contribution in [3.8, 4) is 11.5 Å². The smallest absolute Gasteiger partial charge is 0.303 e. The topological polar surface area (TPSA) is 107 Å². The van der Waals surface area contributed by atoms with Crippen molar-refractivity contribution in [2.75, 3.05) is 6.54 Å². The molecule has 0 fully saturated rings. The van der Waals surface area contributed by atoms with Crippen molar-refractivity contribution in [3.05, 3.63) is 24.2 Å². The fourth-order valence-electron chi connectivity index (χ4n) is 1.86. The molecule has 7 heteroatoms. The third-order valence-corrected chi connectivity index (χ3v) is 3.15. The van der Waals surface area contributed by atoms with Crippen molar-refractivity contribution >= 4 is 5.97 Å². The first-order chi connectivity index (χ1) is 9.44. The number of aliphatic carboxylic acids is 1. The highest BCUT2D eigenvalue weighted by atomic mass is 16.5. The summed E-state index contributed by atoms with van der Waals surface area (Å²) in [6.45, 7) is 4.50. The van der Waals surface area contributed by atoms with E-state index in [0.29, 0.717) is 18.3 Å². The number of carboxylic acid groups (broad SMARTS) is 1. The third-order valence-electron chi connectivity index (χ3n) is 3.15. The molecule has 0 radical (unpaired) electrons. The minimum atomic E-state index is -0.891. The van der Waals surface area contributed by atoms with Crippen LogP contribution in [0.25, 0.3) is 11.5 Å². The van der Waals surface area contributed by atoms with Gasteiger partial charge in [-0.05, 0) is 26.0 Å². The summed E-state index contributed by atoms with van der Waals surface area (Å²) in [5.41, 5.74) is 6.31. The van der Waals surface area contributed by atoms with Gasteiger partial charge in [-0.2, -0.15) is 4.98 Å². The molecule has 0 bridgehead atoms. The zero-order valence-electron chi connectivity index (χ0n) is 11.5. The largest absolute Gasteiger partial charge is 0.481 e. The van der Waals surface area contributed by atoms with E-state index in [9.17, 15) is 4.79 Å². The molecule has 2 aromatic rings. The Morgan fingerprint density at radius 2 is 2.30 bits per heavy atom.